The van der Waals surface area contributed by atoms with Crippen molar-refractivity contribution in [3.8, 4) is 11.5 Å². The zero-order valence-corrected chi connectivity index (χ0v) is 13.5. The van der Waals surface area contributed by atoms with Gasteiger partial charge in [0, 0.05) is 22.1 Å². The molecule has 3 nitrogen and oxygen atoms in total. The summed E-state index contributed by atoms with van der Waals surface area (Å²) in [5.41, 5.74) is 7.58. The van der Waals surface area contributed by atoms with Crippen LogP contribution in [0, 0.1) is 5.82 Å². The van der Waals surface area contributed by atoms with Gasteiger partial charge in [0.25, 0.3) is 0 Å². The second kappa shape index (κ2) is 6.91. The summed E-state index contributed by atoms with van der Waals surface area (Å²) in [6.07, 6.45) is 0.534. The highest BCUT2D eigenvalue weighted by Gasteiger charge is 2.17. The molecule has 0 bridgehead atoms. The number of benzene rings is 2. The highest BCUT2D eigenvalue weighted by Crippen LogP contribution is 2.32. The van der Waals surface area contributed by atoms with Crippen LogP contribution in [0.4, 0.5) is 4.39 Å². The molecule has 0 saturated carbocycles. The normalized spacial score (nSPS) is 12.0. The van der Waals surface area contributed by atoms with Gasteiger partial charge in [-0.1, -0.05) is 28.1 Å². The molecule has 0 saturated heterocycles. The van der Waals surface area contributed by atoms with Gasteiger partial charge in [0.1, 0.15) is 5.82 Å². The van der Waals surface area contributed by atoms with Gasteiger partial charge in [0.05, 0.1) is 14.2 Å². The van der Waals surface area contributed by atoms with Crippen molar-refractivity contribution in [1.82, 2.24) is 0 Å². The average molecular weight is 354 g/mol. The number of ether oxygens (including phenoxy) is 2. The fourth-order valence-electron chi connectivity index (χ4n) is 2.18. The van der Waals surface area contributed by atoms with Crippen molar-refractivity contribution >= 4 is 15.9 Å². The lowest BCUT2D eigenvalue weighted by Crippen LogP contribution is -2.15. The van der Waals surface area contributed by atoms with Crippen LogP contribution in [0.2, 0.25) is 0 Å². The van der Waals surface area contributed by atoms with Crippen LogP contribution in [0.5, 0.6) is 11.5 Å². The molecular formula is C16H17BrFNO2. The van der Waals surface area contributed by atoms with Gasteiger partial charge in [-0.2, -0.15) is 0 Å². The van der Waals surface area contributed by atoms with Crippen LogP contribution < -0.4 is 15.2 Å². The number of methoxy groups -OCH3 is 2. The van der Waals surface area contributed by atoms with E-state index in [0.717, 1.165) is 10.0 Å². The Morgan fingerprint density at radius 3 is 2.43 bits per heavy atom. The van der Waals surface area contributed by atoms with E-state index in [9.17, 15) is 4.39 Å². The third-order valence-electron chi connectivity index (χ3n) is 3.25. The van der Waals surface area contributed by atoms with Crippen molar-refractivity contribution in [1.29, 1.82) is 0 Å². The molecule has 0 spiro atoms. The number of halogens is 2. The Morgan fingerprint density at radius 1 is 1.14 bits per heavy atom. The van der Waals surface area contributed by atoms with Crippen LogP contribution in [0.25, 0.3) is 0 Å². The molecule has 0 aliphatic rings. The first-order valence-electron chi connectivity index (χ1n) is 6.46. The van der Waals surface area contributed by atoms with E-state index in [-0.39, 0.29) is 0 Å². The minimum atomic E-state index is -0.459. The van der Waals surface area contributed by atoms with Crippen molar-refractivity contribution in [2.75, 3.05) is 14.2 Å². The van der Waals surface area contributed by atoms with Gasteiger partial charge in [0.15, 0.2) is 11.5 Å². The average Bonchev–Trinajstić information content (AvgIpc) is 2.46. The first-order valence-corrected chi connectivity index (χ1v) is 7.26. The van der Waals surface area contributed by atoms with Gasteiger partial charge in [-0.15, -0.1) is 0 Å². The minimum absolute atomic E-state index is 0.355. The molecule has 2 aromatic rings. The van der Waals surface area contributed by atoms with E-state index < -0.39 is 11.9 Å². The molecule has 5 heteroatoms. The van der Waals surface area contributed by atoms with E-state index in [0.29, 0.717) is 23.5 Å². The predicted molar refractivity (Wildman–Crippen MR) is 84.3 cm³/mol. The van der Waals surface area contributed by atoms with Crippen molar-refractivity contribution in [3.63, 3.8) is 0 Å². The van der Waals surface area contributed by atoms with Crippen LogP contribution >= 0.6 is 15.9 Å². The van der Waals surface area contributed by atoms with Crippen LogP contribution in [-0.4, -0.2) is 14.2 Å². The molecule has 0 aliphatic heterocycles. The van der Waals surface area contributed by atoms with E-state index in [4.69, 9.17) is 15.2 Å². The summed E-state index contributed by atoms with van der Waals surface area (Å²) in [5, 5.41) is 0. The highest BCUT2D eigenvalue weighted by atomic mass is 79.9. The molecular weight excluding hydrogens is 337 g/mol. The third kappa shape index (κ3) is 3.74. The van der Waals surface area contributed by atoms with Gasteiger partial charge < -0.3 is 15.2 Å². The molecule has 2 N–H and O–H groups in total. The first-order chi connectivity index (χ1) is 10.0. The highest BCUT2D eigenvalue weighted by molar-refractivity contribution is 9.10. The summed E-state index contributed by atoms with van der Waals surface area (Å²) < 4.78 is 25.4. The van der Waals surface area contributed by atoms with Crippen LogP contribution in [0.1, 0.15) is 17.2 Å². The van der Waals surface area contributed by atoms with E-state index in [1.165, 1.54) is 20.3 Å². The number of hydrogen-bond donors (Lipinski definition) is 1. The summed E-state index contributed by atoms with van der Waals surface area (Å²) >= 11 is 3.41. The molecule has 0 fully saturated rings. The molecule has 1 atom stereocenters. The maximum absolute atomic E-state index is 14.2. The topological polar surface area (TPSA) is 44.5 Å². The number of hydrogen-bond acceptors (Lipinski definition) is 3. The van der Waals surface area contributed by atoms with E-state index >= 15 is 0 Å². The quantitative estimate of drug-likeness (QED) is 0.887. The Bertz CT molecular complexity index is 634. The zero-order chi connectivity index (χ0) is 15.4. The zero-order valence-electron chi connectivity index (χ0n) is 11.9. The van der Waals surface area contributed by atoms with Crippen LogP contribution in [-0.2, 0) is 6.42 Å². The minimum Gasteiger partial charge on any atom is -0.493 e. The predicted octanol–water partition coefficient (Wildman–Crippen LogP) is 3.85. The summed E-state index contributed by atoms with van der Waals surface area (Å²) in [4.78, 5) is 0. The summed E-state index contributed by atoms with van der Waals surface area (Å²) in [6, 6.07) is 10.2. The lowest BCUT2D eigenvalue weighted by atomic mass is 9.99. The van der Waals surface area contributed by atoms with E-state index in [1.54, 1.807) is 6.07 Å². The second-order valence-electron chi connectivity index (χ2n) is 4.67. The fraction of sp³-hybridized carbons (Fsp3) is 0.250. The van der Waals surface area contributed by atoms with Gasteiger partial charge >= 0.3 is 0 Å². The Hall–Kier alpha value is -1.59. The molecule has 0 heterocycles. The maximum Gasteiger partial charge on any atom is 0.163 e. The van der Waals surface area contributed by atoms with Crippen molar-refractivity contribution in [2.45, 2.75) is 12.5 Å². The third-order valence-corrected chi connectivity index (χ3v) is 3.74. The number of rotatable bonds is 5. The van der Waals surface area contributed by atoms with E-state index in [1.807, 2.05) is 24.3 Å². The fourth-order valence-corrected chi connectivity index (χ4v) is 2.63. The Morgan fingerprint density at radius 2 is 1.81 bits per heavy atom. The lowest BCUT2D eigenvalue weighted by Gasteiger charge is -2.16. The second-order valence-corrected chi connectivity index (χ2v) is 5.58. The molecule has 2 aromatic carbocycles. The number of nitrogens with two attached hydrogens (primary N) is 1. The Labute approximate surface area is 132 Å². The van der Waals surface area contributed by atoms with Crippen molar-refractivity contribution in [2.24, 2.45) is 5.73 Å². The van der Waals surface area contributed by atoms with Crippen LogP contribution in [0.3, 0.4) is 0 Å². The van der Waals surface area contributed by atoms with E-state index in [2.05, 4.69) is 15.9 Å². The standard InChI is InChI=1S/C16H17BrFNO2/c1-20-15-8-12(13(18)9-16(15)21-2)14(19)7-10-4-3-5-11(17)6-10/h3-6,8-9,14H,7,19H2,1-2H3. The summed E-state index contributed by atoms with van der Waals surface area (Å²) in [7, 11) is 2.98. The van der Waals surface area contributed by atoms with Crippen molar-refractivity contribution in [3.05, 3.63) is 57.8 Å². The van der Waals surface area contributed by atoms with Crippen molar-refractivity contribution < 1.29 is 13.9 Å². The smallest absolute Gasteiger partial charge is 0.163 e. The molecule has 112 valence electrons. The molecule has 0 radical (unpaired) electrons. The summed E-state index contributed by atoms with van der Waals surface area (Å²) in [5.74, 6) is 0.433. The lowest BCUT2D eigenvalue weighted by molar-refractivity contribution is 0.351. The molecule has 21 heavy (non-hydrogen) atoms. The molecule has 0 aliphatic carbocycles. The maximum atomic E-state index is 14.2. The van der Waals surface area contributed by atoms with Crippen LogP contribution in [0.15, 0.2) is 40.9 Å². The Balaban J connectivity index is 2.28. The van der Waals surface area contributed by atoms with Gasteiger partial charge in [0.2, 0.25) is 0 Å². The Kier molecular flexibility index (Phi) is 5.20. The largest absolute Gasteiger partial charge is 0.493 e. The molecule has 1 unspecified atom stereocenters. The molecule has 0 amide bonds. The first kappa shape index (κ1) is 15.8. The summed E-state index contributed by atoms with van der Waals surface area (Å²) in [6.45, 7) is 0. The van der Waals surface area contributed by atoms with Gasteiger partial charge in [-0.3, -0.25) is 0 Å². The molecule has 2 rings (SSSR count). The monoisotopic (exact) mass is 353 g/mol. The molecule has 0 aromatic heterocycles. The van der Waals surface area contributed by atoms with Gasteiger partial charge in [-0.05, 0) is 30.2 Å². The van der Waals surface area contributed by atoms with Gasteiger partial charge in [-0.25, -0.2) is 4.39 Å². The SMILES string of the molecule is COc1cc(F)c(C(N)Cc2cccc(Br)c2)cc1OC.